The van der Waals surface area contributed by atoms with Gasteiger partial charge in [0.1, 0.15) is 0 Å². The summed E-state index contributed by atoms with van der Waals surface area (Å²) in [5, 5.41) is 9.64. The molecule has 2 atom stereocenters. The predicted octanol–water partition coefficient (Wildman–Crippen LogP) is 3.11. The van der Waals surface area contributed by atoms with Crippen molar-refractivity contribution in [3.05, 3.63) is 0 Å². The van der Waals surface area contributed by atoms with Gasteiger partial charge in [0.15, 0.2) is 0 Å². The van der Waals surface area contributed by atoms with Gasteiger partial charge in [-0.1, -0.05) is 26.2 Å². The molecule has 2 unspecified atom stereocenters. The van der Waals surface area contributed by atoms with Gasteiger partial charge in [-0.3, -0.25) is 4.79 Å². The number of aliphatic hydroxyl groups is 1. The van der Waals surface area contributed by atoms with Gasteiger partial charge in [-0.05, 0) is 45.4 Å². The third-order valence-corrected chi connectivity index (χ3v) is 4.97. The average Bonchev–Trinajstić information content (AvgIpc) is 2.39. The summed E-state index contributed by atoms with van der Waals surface area (Å²) >= 11 is 0. The molecule has 1 amide bonds. The summed E-state index contributed by atoms with van der Waals surface area (Å²) in [7, 11) is 0. The lowest BCUT2D eigenvalue weighted by Crippen LogP contribution is -2.51. The van der Waals surface area contributed by atoms with E-state index in [0.717, 1.165) is 38.6 Å². The molecule has 3 heteroatoms. The fourth-order valence-electron chi connectivity index (χ4n) is 3.80. The van der Waals surface area contributed by atoms with Crippen LogP contribution >= 0.6 is 0 Å². The van der Waals surface area contributed by atoms with Crippen molar-refractivity contribution in [2.24, 2.45) is 5.41 Å². The molecule has 0 bridgehead atoms. The SMILES string of the molecule is CC(O)CC1CCCCN1C(=O)C1(C)CCCCC1. The largest absolute Gasteiger partial charge is 0.393 e. The Hall–Kier alpha value is -0.570. The van der Waals surface area contributed by atoms with Gasteiger partial charge in [0.2, 0.25) is 5.91 Å². The highest BCUT2D eigenvalue weighted by Crippen LogP contribution is 2.39. The molecule has 1 N–H and O–H groups in total. The summed E-state index contributed by atoms with van der Waals surface area (Å²) in [5.41, 5.74) is -0.132. The molecule has 110 valence electrons. The van der Waals surface area contributed by atoms with E-state index < -0.39 is 0 Å². The lowest BCUT2D eigenvalue weighted by molar-refractivity contribution is -0.147. The summed E-state index contributed by atoms with van der Waals surface area (Å²) in [6, 6.07) is 0.264. The van der Waals surface area contributed by atoms with Gasteiger partial charge >= 0.3 is 0 Å². The van der Waals surface area contributed by atoms with Crippen molar-refractivity contribution >= 4 is 5.91 Å². The lowest BCUT2D eigenvalue weighted by Gasteiger charge is -2.43. The fourth-order valence-corrected chi connectivity index (χ4v) is 3.80. The normalized spacial score (nSPS) is 29.0. The van der Waals surface area contributed by atoms with E-state index in [0.29, 0.717) is 5.91 Å². The zero-order valence-electron chi connectivity index (χ0n) is 12.5. The number of hydrogen-bond donors (Lipinski definition) is 1. The zero-order chi connectivity index (χ0) is 13.9. The minimum absolute atomic E-state index is 0.132. The first-order valence-corrected chi connectivity index (χ1v) is 8.02. The highest BCUT2D eigenvalue weighted by Gasteiger charge is 2.40. The average molecular weight is 267 g/mol. The fraction of sp³-hybridized carbons (Fsp3) is 0.938. The Morgan fingerprint density at radius 2 is 1.95 bits per heavy atom. The molecule has 1 heterocycles. The molecule has 1 aliphatic carbocycles. The van der Waals surface area contributed by atoms with Crippen LogP contribution in [-0.2, 0) is 4.79 Å². The van der Waals surface area contributed by atoms with Crippen molar-refractivity contribution < 1.29 is 9.90 Å². The number of rotatable bonds is 3. The number of aliphatic hydroxyl groups excluding tert-OH is 1. The molecule has 0 aromatic rings. The number of likely N-dealkylation sites (tertiary alicyclic amines) is 1. The zero-order valence-corrected chi connectivity index (χ0v) is 12.5. The molecular formula is C16H29NO2. The van der Waals surface area contributed by atoms with Crippen LogP contribution in [-0.4, -0.2) is 34.6 Å². The number of carbonyl (C=O) groups excluding carboxylic acids is 1. The molecule has 3 nitrogen and oxygen atoms in total. The molecule has 1 saturated heterocycles. The Bertz CT molecular complexity index is 308. The standard InChI is InChI=1S/C16H29NO2/c1-13(18)12-14-8-4-7-11-17(14)15(19)16(2)9-5-3-6-10-16/h13-14,18H,3-12H2,1-2H3. The quantitative estimate of drug-likeness (QED) is 0.853. The van der Waals surface area contributed by atoms with Gasteiger partial charge in [0.25, 0.3) is 0 Å². The highest BCUT2D eigenvalue weighted by molar-refractivity contribution is 5.82. The van der Waals surface area contributed by atoms with Crippen molar-refractivity contribution in [2.75, 3.05) is 6.54 Å². The lowest BCUT2D eigenvalue weighted by atomic mass is 9.74. The maximum atomic E-state index is 12.9. The first-order chi connectivity index (χ1) is 9.03. The van der Waals surface area contributed by atoms with Crippen LogP contribution in [0.25, 0.3) is 0 Å². The van der Waals surface area contributed by atoms with E-state index in [1.165, 1.54) is 25.7 Å². The maximum absolute atomic E-state index is 12.9. The Morgan fingerprint density at radius 3 is 2.58 bits per heavy atom. The van der Waals surface area contributed by atoms with Gasteiger partial charge in [-0.15, -0.1) is 0 Å². The molecular weight excluding hydrogens is 238 g/mol. The van der Waals surface area contributed by atoms with E-state index in [2.05, 4.69) is 11.8 Å². The summed E-state index contributed by atoms with van der Waals surface area (Å²) in [6.45, 7) is 4.88. The Kier molecular flexibility index (Phi) is 4.88. The summed E-state index contributed by atoms with van der Waals surface area (Å²) in [6.07, 6.45) is 9.56. The van der Waals surface area contributed by atoms with Gasteiger partial charge in [0.05, 0.1) is 6.10 Å². The van der Waals surface area contributed by atoms with Crippen molar-refractivity contribution in [3.63, 3.8) is 0 Å². The second-order valence-corrected chi connectivity index (χ2v) is 6.85. The van der Waals surface area contributed by atoms with Crippen LogP contribution in [0.15, 0.2) is 0 Å². The van der Waals surface area contributed by atoms with Crippen LogP contribution in [0, 0.1) is 5.41 Å². The van der Waals surface area contributed by atoms with Crippen molar-refractivity contribution in [1.82, 2.24) is 4.90 Å². The minimum Gasteiger partial charge on any atom is -0.393 e. The molecule has 2 rings (SSSR count). The Labute approximate surface area is 117 Å². The van der Waals surface area contributed by atoms with E-state index in [-0.39, 0.29) is 17.6 Å². The van der Waals surface area contributed by atoms with E-state index in [9.17, 15) is 9.90 Å². The Balaban J connectivity index is 2.06. The van der Waals surface area contributed by atoms with Crippen LogP contribution in [0.4, 0.5) is 0 Å². The maximum Gasteiger partial charge on any atom is 0.228 e. The van der Waals surface area contributed by atoms with Crippen LogP contribution < -0.4 is 0 Å². The third kappa shape index (κ3) is 3.50. The van der Waals surface area contributed by atoms with Gasteiger partial charge in [-0.25, -0.2) is 0 Å². The summed E-state index contributed by atoms with van der Waals surface area (Å²) < 4.78 is 0. The summed E-state index contributed by atoms with van der Waals surface area (Å²) in [5.74, 6) is 0.359. The molecule has 0 aromatic heterocycles. The molecule has 19 heavy (non-hydrogen) atoms. The van der Waals surface area contributed by atoms with Gasteiger partial charge in [0, 0.05) is 18.0 Å². The minimum atomic E-state index is -0.308. The number of amides is 1. The molecule has 2 fully saturated rings. The summed E-state index contributed by atoms with van der Waals surface area (Å²) in [4.78, 5) is 15.0. The molecule has 1 aliphatic heterocycles. The topological polar surface area (TPSA) is 40.5 Å². The van der Waals surface area contributed by atoms with Crippen LogP contribution in [0.5, 0.6) is 0 Å². The van der Waals surface area contributed by atoms with E-state index in [1.54, 1.807) is 0 Å². The van der Waals surface area contributed by atoms with Crippen molar-refractivity contribution in [1.29, 1.82) is 0 Å². The molecule has 0 spiro atoms. The predicted molar refractivity (Wildman–Crippen MR) is 76.8 cm³/mol. The van der Waals surface area contributed by atoms with E-state index in [1.807, 2.05) is 6.92 Å². The Morgan fingerprint density at radius 1 is 1.26 bits per heavy atom. The van der Waals surface area contributed by atoms with Crippen molar-refractivity contribution in [2.45, 2.75) is 83.8 Å². The molecule has 2 aliphatic rings. The first kappa shape index (κ1) is 14.8. The second kappa shape index (κ2) is 6.25. The highest BCUT2D eigenvalue weighted by atomic mass is 16.3. The number of piperidine rings is 1. The first-order valence-electron chi connectivity index (χ1n) is 8.02. The van der Waals surface area contributed by atoms with E-state index in [4.69, 9.17) is 0 Å². The number of nitrogens with zero attached hydrogens (tertiary/aromatic N) is 1. The van der Waals surface area contributed by atoms with Gasteiger partial charge in [-0.2, -0.15) is 0 Å². The number of hydrogen-bond acceptors (Lipinski definition) is 2. The van der Waals surface area contributed by atoms with E-state index >= 15 is 0 Å². The monoisotopic (exact) mass is 267 g/mol. The van der Waals surface area contributed by atoms with Crippen molar-refractivity contribution in [3.8, 4) is 0 Å². The van der Waals surface area contributed by atoms with Crippen LogP contribution in [0.3, 0.4) is 0 Å². The third-order valence-electron chi connectivity index (χ3n) is 4.97. The number of carbonyl (C=O) groups is 1. The van der Waals surface area contributed by atoms with Crippen LogP contribution in [0.1, 0.15) is 71.6 Å². The molecule has 1 saturated carbocycles. The molecule has 0 aromatic carbocycles. The second-order valence-electron chi connectivity index (χ2n) is 6.85. The molecule has 0 radical (unpaired) electrons. The van der Waals surface area contributed by atoms with Gasteiger partial charge < -0.3 is 10.0 Å². The smallest absolute Gasteiger partial charge is 0.228 e. The van der Waals surface area contributed by atoms with Crippen LogP contribution in [0.2, 0.25) is 0 Å².